The number of anilines is 1. The van der Waals surface area contributed by atoms with Crippen LogP contribution >= 0.6 is 11.6 Å². The van der Waals surface area contributed by atoms with E-state index in [0.29, 0.717) is 31.8 Å². The molecular weight excluding hydrogens is 362 g/mol. The molecule has 2 amide bonds. The fraction of sp³-hybridized carbons (Fsp3) is 0.619. The summed E-state index contributed by atoms with van der Waals surface area (Å²) in [6.07, 6.45) is 3.53. The molecule has 3 fully saturated rings. The van der Waals surface area contributed by atoms with Gasteiger partial charge in [0.2, 0.25) is 11.8 Å². The fourth-order valence-electron chi connectivity index (χ4n) is 4.30. The monoisotopic (exact) mass is 389 g/mol. The van der Waals surface area contributed by atoms with E-state index in [2.05, 4.69) is 11.8 Å². The number of hydrogen-bond donors (Lipinski definition) is 0. The van der Waals surface area contributed by atoms with Crippen molar-refractivity contribution in [3.05, 3.63) is 29.3 Å². The lowest BCUT2D eigenvalue weighted by molar-refractivity contribution is -0.150. The molecule has 1 aromatic carbocycles. The molecule has 0 spiro atoms. The average Bonchev–Trinajstić information content (AvgIpc) is 3.50. The lowest BCUT2D eigenvalue weighted by Crippen LogP contribution is -2.54. The Morgan fingerprint density at radius 3 is 2.11 bits per heavy atom. The van der Waals surface area contributed by atoms with Crippen LogP contribution in [0.4, 0.5) is 5.69 Å². The van der Waals surface area contributed by atoms with Gasteiger partial charge in [-0.25, -0.2) is 0 Å². The van der Waals surface area contributed by atoms with E-state index in [-0.39, 0.29) is 11.8 Å². The standard InChI is InChI=1S/C21H28ClN3O2/c1-16-5-9-24(10-6-16)19(26)21(7-8-21)20(27)25-13-11-23(12-14-25)18-4-2-3-17(22)15-18/h2-4,15-16H,5-14H2,1H3. The average molecular weight is 390 g/mol. The van der Waals surface area contributed by atoms with Gasteiger partial charge in [-0.05, 0) is 49.8 Å². The van der Waals surface area contributed by atoms with E-state index in [9.17, 15) is 9.59 Å². The van der Waals surface area contributed by atoms with Crippen molar-refractivity contribution < 1.29 is 9.59 Å². The van der Waals surface area contributed by atoms with E-state index < -0.39 is 5.41 Å². The Labute approximate surface area is 166 Å². The van der Waals surface area contributed by atoms with E-state index in [1.165, 1.54) is 0 Å². The van der Waals surface area contributed by atoms with Crippen molar-refractivity contribution >= 4 is 29.1 Å². The number of amides is 2. The van der Waals surface area contributed by atoms with Crippen molar-refractivity contribution in [2.24, 2.45) is 11.3 Å². The molecule has 4 rings (SSSR count). The fourth-order valence-corrected chi connectivity index (χ4v) is 4.49. The van der Waals surface area contributed by atoms with E-state index >= 15 is 0 Å². The summed E-state index contributed by atoms with van der Waals surface area (Å²) in [5.74, 6) is 0.813. The van der Waals surface area contributed by atoms with Crippen LogP contribution in [0.5, 0.6) is 0 Å². The van der Waals surface area contributed by atoms with Gasteiger partial charge in [-0.3, -0.25) is 9.59 Å². The first kappa shape index (κ1) is 18.6. The van der Waals surface area contributed by atoms with Gasteiger partial charge in [-0.2, -0.15) is 0 Å². The molecule has 3 aliphatic rings. The lowest BCUT2D eigenvalue weighted by atomic mass is 9.96. The Hall–Kier alpha value is -1.75. The highest BCUT2D eigenvalue weighted by molar-refractivity contribution is 6.30. The SMILES string of the molecule is CC1CCN(C(=O)C2(C(=O)N3CCN(c4cccc(Cl)c4)CC3)CC2)CC1. The summed E-state index contributed by atoms with van der Waals surface area (Å²) >= 11 is 6.10. The zero-order chi connectivity index (χ0) is 19.0. The molecule has 0 unspecified atom stereocenters. The van der Waals surface area contributed by atoms with Gasteiger partial charge in [0.25, 0.3) is 0 Å². The number of carbonyl (C=O) groups is 2. The number of hydrogen-bond acceptors (Lipinski definition) is 3. The van der Waals surface area contributed by atoms with Crippen LogP contribution in [0.3, 0.4) is 0 Å². The largest absolute Gasteiger partial charge is 0.368 e. The highest BCUT2D eigenvalue weighted by Gasteiger charge is 2.59. The Balaban J connectivity index is 1.37. The summed E-state index contributed by atoms with van der Waals surface area (Å²) in [6, 6.07) is 7.83. The first-order chi connectivity index (χ1) is 13.0. The minimum Gasteiger partial charge on any atom is -0.368 e. The van der Waals surface area contributed by atoms with E-state index in [1.54, 1.807) is 0 Å². The maximum Gasteiger partial charge on any atom is 0.238 e. The van der Waals surface area contributed by atoms with Gasteiger partial charge in [-0.1, -0.05) is 24.6 Å². The molecular formula is C21H28ClN3O2. The molecule has 1 aliphatic carbocycles. The summed E-state index contributed by atoms with van der Waals surface area (Å²) in [6.45, 7) is 6.72. The van der Waals surface area contributed by atoms with Gasteiger partial charge in [0, 0.05) is 50.0 Å². The third kappa shape index (κ3) is 3.66. The predicted octanol–water partition coefficient (Wildman–Crippen LogP) is 3.03. The first-order valence-corrected chi connectivity index (χ1v) is 10.5. The predicted molar refractivity (Wildman–Crippen MR) is 107 cm³/mol. The summed E-state index contributed by atoms with van der Waals surface area (Å²) in [5, 5.41) is 0.726. The van der Waals surface area contributed by atoms with Crippen LogP contribution in [-0.4, -0.2) is 60.9 Å². The van der Waals surface area contributed by atoms with E-state index in [4.69, 9.17) is 11.6 Å². The van der Waals surface area contributed by atoms with Crippen LogP contribution in [0, 0.1) is 11.3 Å². The number of rotatable bonds is 3. The highest BCUT2D eigenvalue weighted by Crippen LogP contribution is 2.49. The molecule has 0 bridgehead atoms. The molecule has 2 aliphatic heterocycles. The van der Waals surface area contributed by atoms with Crippen molar-refractivity contribution in [3.8, 4) is 0 Å². The third-order valence-electron chi connectivity index (χ3n) is 6.38. The molecule has 1 saturated carbocycles. The smallest absolute Gasteiger partial charge is 0.238 e. The molecule has 1 aromatic rings. The number of piperazine rings is 1. The summed E-state index contributed by atoms with van der Waals surface area (Å²) < 4.78 is 0. The molecule has 2 heterocycles. The molecule has 27 heavy (non-hydrogen) atoms. The van der Waals surface area contributed by atoms with Crippen molar-refractivity contribution in [2.75, 3.05) is 44.2 Å². The normalized spacial score (nSPS) is 22.7. The second-order valence-corrected chi connectivity index (χ2v) is 8.75. The maximum absolute atomic E-state index is 13.2. The summed E-state index contributed by atoms with van der Waals surface area (Å²) in [7, 11) is 0. The number of benzene rings is 1. The van der Waals surface area contributed by atoms with Crippen LogP contribution in [-0.2, 0) is 9.59 Å². The van der Waals surface area contributed by atoms with Gasteiger partial charge < -0.3 is 14.7 Å². The number of halogens is 1. The zero-order valence-corrected chi connectivity index (χ0v) is 16.7. The summed E-state index contributed by atoms with van der Waals surface area (Å²) in [5.41, 5.74) is 0.341. The third-order valence-corrected chi connectivity index (χ3v) is 6.61. The summed E-state index contributed by atoms with van der Waals surface area (Å²) in [4.78, 5) is 32.3. The maximum atomic E-state index is 13.2. The van der Waals surface area contributed by atoms with Crippen LogP contribution in [0.2, 0.25) is 5.02 Å². The number of carbonyl (C=O) groups excluding carboxylic acids is 2. The number of piperidine rings is 1. The topological polar surface area (TPSA) is 43.9 Å². The Morgan fingerprint density at radius 1 is 0.963 bits per heavy atom. The second kappa shape index (κ2) is 7.34. The first-order valence-electron chi connectivity index (χ1n) is 10.1. The van der Waals surface area contributed by atoms with Crippen LogP contribution < -0.4 is 4.90 Å². The number of nitrogens with zero attached hydrogens (tertiary/aromatic N) is 3. The Kier molecular flexibility index (Phi) is 5.06. The molecule has 5 nitrogen and oxygen atoms in total. The molecule has 0 atom stereocenters. The van der Waals surface area contributed by atoms with Gasteiger partial charge in [0.05, 0.1) is 0 Å². The van der Waals surface area contributed by atoms with Gasteiger partial charge >= 0.3 is 0 Å². The van der Waals surface area contributed by atoms with Gasteiger partial charge in [0.15, 0.2) is 0 Å². The van der Waals surface area contributed by atoms with Crippen molar-refractivity contribution in [1.82, 2.24) is 9.80 Å². The molecule has 0 N–H and O–H groups in total. The van der Waals surface area contributed by atoms with Gasteiger partial charge in [-0.15, -0.1) is 0 Å². The zero-order valence-electron chi connectivity index (χ0n) is 16.0. The van der Waals surface area contributed by atoms with E-state index in [0.717, 1.165) is 49.7 Å². The van der Waals surface area contributed by atoms with Crippen LogP contribution in [0.15, 0.2) is 24.3 Å². The van der Waals surface area contributed by atoms with Crippen molar-refractivity contribution in [1.29, 1.82) is 0 Å². The lowest BCUT2D eigenvalue weighted by Gasteiger charge is -2.39. The molecule has 0 aromatic heterocycles. The van der Waals surface area contributed by atoms with E-state index in [1.807, 2.05) is 34.1 Å². The minimum atomic E-state index is -0.751. The molecule has 146 valence electrons. The Bertz CT molecular complexity index is 718. The Morgan fingerprint density at radius 2 is 1.56 bits per heavy atom. The van der Waals surface area contributed by atoms with Crippen molar-refractivity contribution in [2.45, 2.75) is 32.6 Å². The molecule has 2 saturated heterocycles. The van der Waals surface area contributed by atoms with Crippen LogP contribution in [0.25, 0.3) is 0 Å². The second-order valence-electron chi connectivity index (χ2n) is 8.32. The minimum absolute atomic E-state index is 0.0527. The van der Waals surface area contributed by atoms with Gasteiger partial charge in [0.1, 0.15) is 5.41 Å². The molecule has 0 radical (unpaired) electrons. The highest BCUT2D eigenvalue weighted by atomic mass is 35.5. The van der Waals surface area contributed by atoms with Crippen molar-refractivity contribution in [3.63, 3.8) is 0 Å². The van der Waals surface area contributed by atoms with Crippen LogP contribution in [0.1, 0.15) is 32.6 Å². The quantitative estimate of drug-likeness (QED) is 0.746. The number of likely N-dealkylation sites (tertiary alicyclic amines) is 1. The molecule has 6 heteroatoms.